The number of benzene rings is 1. The smallest absolute Gasteiger partial charge is 0.374 e. The number of amides is 2. The van der Waals surface area contributed by atoms with Crippen LogP contribution in [0.1, 0.15) is 29.7 Å². The van der Waals surface area contributed by atoms with Crippen LogP contribution in [-0.2, 0) is 20.5 Å². The number of pyridine rings is 1. The maximum Gasteiger partial charge on any atom is 0.417 e. The van der Waals surface area contributed by atoms with Gasteiger partial charge >= 0.3 is 6.18 Å². The predicted molar refractivity (Wildman–Crippen MR) is 157 cm³/mol. The average Bonchev–Trinajstić information content (AvgIpc) is 2.93. The molecule has 4 rings (SSSR count). The molecule has 0 radical (unpaired) electrons. The van der Waals surface area contributed by atoms with Gasteiger partial charge in [-0.05, 0) is 44.0 Å². The molecule has 1 aromatic heterocycles. The first-order chi connectivity index (χ1) is 20.4. The largest absolute Gasteiger partial charge is 0.417 e. The van der Waals surface area contributed by atoms with Gasteiger partial charge in [0.05, 0.1) is 23.0 Å². The van der Waals surface area contributed by atoms with E-state index in [2.05, 4.69) is 26.2 Å². The van der Waals surface area contributed by atoms with Crippen molar-refractivity contribution < 1.29 is 31.9 Å². The van der Waals surface area contributed by atoms with E-state index in [1.54, 1.807) is 28.0 Å². The molecular formula is C29H31BrF4N6O3. The minimum absolute atomic E-state index is 0.0314. The molecule has 0 bridgehead atoms. The third kappa shape index (κ3) is 7.45. The zero-order valence-corrected chi connectivity index (χ0v) is 25.2. The van der Waals surface area contributed by atoms with Crippen LogP contribution >= 0.6 is 15.9 Å². The van der Waals surface area contributed by atoms with E-state index in [4.69, 9.17) is 4.74 Å². The van der Waals surface area contributed by atoms with Gasteiger partial charge in [0.15, 0.2) is 0 Å². The number of rotatable bonds is 9. The first-order valence-corrected chi connectivity index (χ1v) is 14.8. The summed E-state index contributed by atoms with van der Waals surface area (Å²) in [6.07, 6.45) is -1.03. The van der Waals surface area contributed by atoms with Crippen LogP contribution in [0.5, 0.6) is 0 Å². The van der Waals surface area contributed by atoms with Gasteiger partial charge in [-0.2, -0.15) is 18.4 Å². The van der Waals surface area contributed by atoms with Crippen molar-refractivity contribution >= 4 is 44.9 Å². The number of nitrogens with one attached hydrogen (secondary N) is 1. The number of aryl methyl sites for hydroxylation is 1. The molecule has 0 unspecified atom stereocenters. The van der Waals surface area contributed by atoms with Crippen molar-refractivity contribution in [3.8, 4) is 6.07 Å². The van der Waals surface area contributed by atoms with Gasteiger partial charge in [-0.15, -0.1) is 0 Å². The number of ether oxygens (including phenoxy) is 1. The van der Waals surface area contributed by atoms with Crippen LogP contribution in [0, 0.1) is 24.1 Å². The van der Waals surface area contributed by atoms with Crippen LogP contribution < -0.4 is 15.1 Å². The number of likely N-dealkylation sites (N-methyl/N-ethyl adjacent to an activating group) is 1. The molecule has 1 atom stereocenters. The van der Waals surface area contributed by atoms with Gasteiger partial charge in [0.1, 0.15) is 29.3 Å². The van der Waals surface area contributed by atoms with E-state index in [0.717, 1.165) is 6.07 Å². The standard InChI is InChI=1S/C29H31BrF4N6O3/c1-18-14-21(29(32,33)34)20(15-35)27(36-18)37-23-9-12-39(26-22(31)6-3-7-24(26)38(2)28(23)42)11-5-13-43-19-16-40(17-19)25(41)8-4-10-30/h3-4,6-8,14,19,23H,5,9-13,16-17H2,1-2H3,(H,36,37)/b8-4+/t23-/m0/s1. The van der Waals surface area contributed by atoms with Crippen molar-refractivity contribution in [1.29, 1.82) is 5.26 Å². The highest BCUT2D eigenvalue weighted by atomic mass is 79.9. The highest BCUT2D eigenvalue weighted by Crippen LogP contribution is 2.37. The number of hydrogen-bond donors (Lipinski definition) is 1. The lowest BCUT2D eigenvalue weighted by Gasteiger charge is -2.38. The first kappa shape index (κ1) is 32.2. The Kier molecular flexibility index (Phi) is 10.3. The fraction of sp³-hybridized carbons (Fsp3) is 0.448. The zero-order chi connectivity index (χ0) is 31.3. The molecule has 0 spiro atoms. The van der Waals surface area contributed by atoms with E-state index in [9.17, 15) is 28.0 Å². The number of hydrogen-bond acceptors (Lipinski definition) is 7. The Morgan fingerprint density at radius 1 is 1.33 bits per heavy atom. The molecular weight excluding hydrogens is 636 g/mol. The number of nitriles is 1. The number of para-hydroxylation sites is 1. The molecule has 230 valence electrons. The summed E-state index contributed by atoms with van der Waals surface area (Å²) in [6, 6.07) is 5.70. The van der Waals surface area contributed by atoms with Gasteiger partial charge < -0.3 is 24.8 Å². The van der Waals surface area contributed by atoms with Gasteiger partial charge in [-0.25, -0.2) is 9.37 Å². The number of aromatic nitrogens is 1. The highest BCUT2D eigenvalue weighted by molar-refractivity contribution is 9.09. The van der Waals surface area contributed by atoms with Crippen molar-refractivity contribution in [3.63, 3.8) is 0 Å². The van der Waals surface area contributed by atoms with Gasteiger partial charge in [-0.1, -0.05) is 28.1 Å². The van der Waals surface area contributed by atoms with Crippen LogP contribution in [0.25, 0.3) is 0 Å². The van der Waals surface area contributed by atoms with Gasteiger partial charge in [-0.3, -0.25) is 9.59 Å². The van der Waals surface area contributed by atoms with E-state index in [1.165, 1.54) is 37.1 Å². The Morgan fingerprint density at radius 3 is 2.74 bits per heavy atom. The molecule has 0 saturated carbocycles. The second-order valence-corrected chi connectivity index (χ2v) is 10.9. The molecule has 14 heteroatoms. The molecule has 2 aliphatic rings. The van der Waals surface area contributed by atoms with Crippen molar-refractivity contribution in [3.05, 3.63) is 59.1 Å². The molecule has 1 saturated heterocycles. The quantitative estimate of drug-likeness (QED) is 0.180. The summed E-state index contributed by atoms with van der Waals surface area (Å²) >= 11 is 3.23. The van der Waals surface area contributed by atoms with Crippen LogP contribution in [0.3, 0.4) is 0 Å². The molecule has 2 aliphatic heterocycles. The molecule has 0 aliphatic carbocycles. The van der Waals surface area contributed by atoms with Crippen molar-refractivity contribution in [1.82, 2.24) is 9.88 Å². The van der Waals surface area contributed by atoms with E-state index in [-0.39, 0.29) is 42.2 Å². The Hall–Kier alpha value is -3.70. The Bertz CT molecular complexity index is 1420. The summed E-state index contributed by atoms with van der Waals surface area (Å²) in [5.41, 5.74) is -1.27. The van der Waals surface area contributed by atoms with Gasteiger partial charge in [0.2, 0.25) is 11.8 Å². The lowest BCUT2D eigenvalue weighted by molar-refractivity contribution is -0.139. The number of carbonyl (C=O) groups is 2. The van der Waals surface area contributed by atoms with Crippen LogP contribution in [0.4, 0.5) is 34.8 Å². The monoisotopic (exact) mass is 666 g/mol. The van der Waals surface area contributed by atoms with Crippen molar-refractivity contribution in [2.24, 2.45) is 0 Å². The van der Waals surface area contributed by atoms with Crippen molar-refractivity contribution in [2.45, 2.75) is 38.1 Å². The number of likely N-dealkylation sites (tertiary alicyclic amines) is 1. The Morgan fingerprint density at radius 2 is 2.07 bits per heavy atom. The average molecular weight is 668 g/mol. The van der Waals surface area contributed by atoms with Crippen LogP contribution in [-0.4, -0.2) is 79.0 Å². The summed E-state index contributed by atoms with van der Waals surface area (Å²) in [6.45, 7) is 3.27. The molecule has 9 nitrogen and oxygen atoms in total. The van der Waals surface area contributed by atoms with E-state index in [1.807, 2.05) is 0 Å². The first-order valence-electron chi connectivity index (χ1n) is 13.6. The Labute approximate surface area is 255 Å². The number of halogens is 5. The SMILES string of the molecule is Cc1cc(C(F)(F)F)c(C#N)c(N[C@H]2CCN(CCCOC3CN(C(=O)/C=C/CBr)C3)c3c(F)cccc3N(C)C2=O)n1. The molecule has 1 N–H and O–H groups in total. The number of carbonyl (C=O) groups excluding carboxylic acids is 2. The number of alkyl halides is 4. The minimum Gasteiger partial charge on any atom is -0.374 e. The summed E-state index contributed by atoms with van der Waals surface area (Å²) < 4.78 is 62.0. The topological polar surface area (TPSA) is 102 Å². The number of allylic oxidation sites excluding steroid dienone is 1. The van der Waals surface area contributed by atoms with Crippen molar-refractivity contribution in [2.75, 3.05) is 60.3 Å². The van der Waals surface area contributed by atoms with Gasteiger partial charge in [0.25, 0.3) is 0 Å². The Balaban J connectivity index is 1.48. The summed E-state index contributed by atoms with van der Waals surface area (Å²) in [5, 5.41) is 12.9. The maximum absolute atomic E-state index is 15.2. The minimum atomic E-state index is -4.79. The molecule has 3 heterocycles. The molecule has 1 aromatic carbocycles. The second kappa shape index (κ2) is 13.7. The fourth-order valence-corrected chi connectivity index (χ4v) is 5.26. The zero-order valence-electron chi connectivity index (χ0n) is 23.6. The number of anilines is 3. The van der Waals surface area contributed by atoms with E-state index < -0.39 is 35.1 Å². The molecule has 43 heavy (non-hydrogen) atoms. The molecule has 2 aromatic rings. The lowest BCUT2D eigenvalue weighted by Crippen LogP contribution is -2.54. The predicted octanol–water partition coefficient (Wildman–Crippen LogP) is 4.64. The van der Waals surface area contributed by atoms with Crippen LogP contribution in [0.15, 0.2) is 36.4 Å². The number of nitrogens with zero attached hydrogens (tertiary/aromatic N) is 5. The summed E-state index contributed by atoms with van der Waals surface area (Å²) in [4.78, 5) is 34.3. The fourth-order valence-electron chi connectivity index (χ4n) is 5.08. The summed E-state index contributed by atoms with van der Waals surface area (Å²) in [5.74, 6) is -1.44. The molecule has 2 amide bonds. The third-order valence-corrected chi connectivity index (χ3v) is 7.64. The molecule has 1 fully saturated rings. The normalized spacial score (nSPS) is 17.8. The second-order valence-electron chi connectivity index (χ2n) is 10.3. The van der Waals surface area contributed by atoms with E-state index >= 15 is 4.39 Å². The maximum atomic E-state index is 15.2. The van der Waals surface area contributed by atoms with E-state index in [0.29, 0.717) is 43.7 Å². The van der Waals surface area contributed by atoms with Gasteiger partial charge in [0, 0.05) is 50.9 Å². The van der Waals surface area contributed by atoms with Crippen LogP contribution in [0.2, 0.25) is 0 Å². The lowest BCUT2D eigenvalue weighted by atomic mass is 10.0. The number of fused-ring (bicyclic) bond motifs is 1. The summed E-state index contributed by atoms with van der Waals surface area (Å²) in [7, 11) is 1.47. The third-order valence-electron chi connectivity index (χ3n) is 7.27. The highest BCUT2D eigenvalue weighted by Gasteiger charge is 2.37.